The minimum Gasteiger partial charge on any atom is -0.267 e. The van der Waals surface area contributed by atoms with Crippen molar-refractivity contribution in [3.05, 3.63) is 92.9 Å². The van der Waals surface area contributed by atoms with E-state index >= 15 is 0 Å². The molecule has 128 valence electrons. The van der Waals surface area contributed by atoms with E-state index in [1.807, 2.05) is 36.4 Å². The summed E-state index contributed by atoms with van der Waals surface area (Å²) >= 11 is 0. The molecule has 2 heterocycles. The molecule has 0 aliphatic carbocycles. The fraction of sp³-hybridized carbons (Fsp3) is 0.0526. The molecular weight excluding hydrogens is 332 g/mol. The topological polar surface area (TPSA) is 82.4 Å². The molecule has 0 unspecified atom stereocenters. The van der Waals surface area contributed by atoms with Crippen molar-refractivity contribution in [1.29, 1.82) is 0 Å². The van der Waals surface area contributed by atoms with Crippen molar-refractivity contribution in [3.63, 3.8) is 0 Å². The van der Waals surface area contributed by atoms with E-state index in [1.54, 1.807) is 23.7 Å². The summed E-state index contributed by atoms with van der Waals surface area (Å²) in [4.78, 5) is 27.8. The first-order valence-corrected chi connectivity index (χ1v) is 7.97. The molecule has 0 saturated carbocycles. The summed E-state index contributed by atoms with van der Waals surface area (Å²) in [5, 5.41) is 11.2. The van der Waals surface area contributed by atoms with Crippen LogP contribution in [0.3, 0.4) is 0 Å². The monoisotopic (exact) mass is 346 g/mol. The molecule has 0 amide bonds. The maximum Gasteiger partial charge on any atom is 0.273 e. The lowest BCUT2D eigenvalue weighted by molar-refractivity contribution is -0.384. The Hall–Kier alpha value is -3.74. The molecule has 0 aliphatic rings. The van der Waals surface area contributed by atoms with Gasteiger partial charge in [0.15, 0.2) is 5.65 Å². The number of nitro groups is 1. The third-order valence-electron chi connectivity index (χ3n) is 4.10. The van der Waals surface area contributed by atoms with E-state index in [-0.39, 0.29) is 11.2 Å². The summed E-state index contributed by atoms with van der Waals surface area (Å²) in [5.41, 5.74) is 2.92. The van der Waals surface area contributed by atoms with Gasteiger partial charge in [0.25, 0.3) is 11.2 Å². The minimum atomic E-state index is -0.456. The molecule has 4 rings (SSSR count). The number of aromatic nitrogens is 3. The van der Waals surface area contributed by atoms with Crippen molar-refractivity contribution in [2.24, 2.45) is 0 Å². The van der Waals surface area contributed by atoms with Crippen LogP contribution in [0.25, 0.3) is 22.6 Å². The van der Waals surface area contributed by atoms with Crippen LogP contribution in [-0.2, 0) is 0 Å². The molecule has 0 saturated heterocycles. The summed E-state index contributed by atoms with van der Waals surface area (Å²) in [6.45, 7) is 1.76. The number of aryl methyl sites for hydroxylation is 1. The molecule has 0 spiro atoms. The van der Waals surface area contributed by atoms with Gasteiger partial charge >= 0.3 is 0 Å². The first-order chi connectivity index (χ1) is 12.5. The second kappa shape index (κ2) is 5.96. The van der Waals surface area contributed by atoms with Gasteiger partial charge < -0.3 is 0 Å². The molecule has 2 aromatic heterocycles. The van der Waals surface area contributed by atoms with Gasteiger partial charge in [-0.3, -0.25) is 14.9 Å². The molecule has 7 heteroatoms. The lowest BCUT2D eigenvalue weighted by Gasteiger charge is -2.11. The number of nitrogens with zero attached hydrogens (tertiary/aromatic N) is 4. The lowest BCUT2D eigenvalue weighted by Crippen LogP contribution is -2.20. The zero-order chi connectivity index (χ0) is 18.3. The van der Waals surface area contributed by atoms with Crippen LogP contribution >= 0.6 is 0 Å². The van der Waals surface area contributed by atoms with Crippen molar-refractivity contribution in [2.45, 2.75) is 6.92 Å². The van der Waals surface area contributed by atoms with Crippen LogP contribution in [0.15, 0.2) is 71.5 Å². The van der Waals surface area contributed by atoms with E-state index in [2.05, 4.69) is 4.98 Å². The highest BCUT2D eigenvalue weighted by molar-refractivity contribution is 5.67. The van der Waals surface area contributed by atoms with E-state index in [1.165, 1.54) is 22.7 Å². The van der Waals surface area contributed by atoms with Crippen LogP contribution < -0.4 is 5.56 Å². The van der Waals surface area contributed by atoms with Crippen LogP contribution in [0.2, 0.25) is 0 Å². The number of benzene rings is 2. The Morgan fingerprint density at radius 1 is 1.00 bits per heavy atom. The molecular formula is C19H14N4O3. The Morgan fingerprint density at radius 2 is 1.77 bits per heavy atom. The van der Waals surface area contributed by atoms with E-state index in [0.717, 1.165) is 11.3 Å². The number of non-ortho nitro benzene ring substituents is 1. The van der Waals surface area contributed by atoms with Crippen molar-refractivity contribution >= 4 is 11.3 Å². The maximum absolute atomic E-state index is 12.6. The van der Waals surface area contributed by atoms with Crippen LogP contribution in [0.4, 0.5) is 5.69 Å². The van der Waals surface area contributed by atoms with Gasteiger partial charge in [0.05, 0.1) is 16.3 Å². The smallest absolute Gasteiger partial charge is 0.267 e. The number of hydrogen-bond acceptors (Lipinski definition) is 4. The summed E-state index contributed by atoms with van der Waals surface area (Å²) in [7, 11) is 0. The fourth-order valence-corrected chi connectivity index (χ4v) is 3.01. The van der Waals surface area contributed by atoms with E-state index in [0.29, 0.717) is 17.0 Å². The number of hydrogen-bond donors (Lipinski definition) is 0. The second-order valence-corrected chi connectivity index (χ2v) is 5.89. The molecule has 0 aliphatic heterocycles. The number of fused-ring (bicyclic) bond motifs is 1. The van der Waals surface area contributed by atoms with Crippen molar-refractivity contribution in [1.82, 2.24) is 14.2 Å². The average molecular weight is 346 g/mol. The molecule has 0 bridgehead atoms. The standard InChI is InChI=1S/C19H14N4O3/c1-13-10-19(24)22-18(20-13)12-17(14-6-3-2-4-7-14)21(22)15-8-5-9-16(11-15)23(25)26/h2-12H,1H3. The van der Waals surface area contributed by atoms with Gasteiger partial charge in [-0.05, 0) is 13.0 Å². The average Bonchev–Trinajstić information content (AvgIpc) is 3.02. The van der Waals surface area contributed by atoms with Crippen molar-refractivity contribution in [3.8, 4) is 16.9 Å². The molecule has 0 radical (unpaired) electrons. The van der Waals surface area contributed by atoms with Gasteiger partial charge in [-0.25, -0.2) is 9.67 Å². The Kier molecular flexibility index (Phi) is 3.62. The van der Waals surface area contributed by atoms with Crippen LogP contribution in [0.1, 0.15) is 5.69 Å². The van der Waals surface area contributed by atoms with Gasteiger partial charge in [-0.15, -0.1) is 0 Å². The molecule has 26 heavy (non-hydrogen) atoms. The van der Waals surface area contributed by atoms with Gasteiger partial charge in [0, 0.05) is 35.5 Å². The van der Waals surface area contributed by atoms with Crippen LogP contribution in [-0.4, -0.2) is 19.1 Å². The molecule has 7 nitrogen and oxygen atoms in total. The molecule has 0 atom stereocenters. The fourth-order valence-electron chi connectivity index (χ4n) is 3.01. The minimum absolute atomic E-state index is 0.0449. The first kappa shape index (κ1) is 15.8. The third kappa shape index (κ3) is 2.55. The predicted molar refractivity (Wildman–Crippen MR) is 97.6 cm³/mol. The quantitative estimate of drug-likeness (QED) is 0.421. The van der Waals surface area contributed by atoms with Gasteiger partial charge in [-0.1, -0.05) is 36.4 Å². The Labute approximate surface area is 147 Å². The van der Waals surface area contributed by atoms with E-state index in [4.69, 9.17) is 0 Å². The third-order valence-corrected chi connectivity index (χ3v) is 4.10. The summed E-state index contributed by atoms with van der Waals surface area (Å²) in [6, 6.07) is 19.0. The molecule has 4 aromatic rings. The molecule has 0 fully saturated rings. The number of nitro benzene ring substituents is 1. The Morgan fingerprint density at radius 3 is 2.50 bits per heavy atom. The highest BCUT2D eigenvalue weighted by atomic mass is 16.6. The van der Waals surface area contributed by atoms with Crippen LogP contribution in [0.5, 0.6) is 0 Å². The van der Waals surface area contributed by atoms with E-state index in [9.17, 15) is 14.9 Å². The summed E-state index contributed by atoms with van der Waals surface area (Å²) in [6.07, 6.45) is 0. The largest absolute Gasteiger partial charge is 0.273 e. The Bertz CT molecular complexity index is 1190. The zero-order valence-corrected chi connectivity index (χ0v) is 13.9. The van der Waals surface area contributed by atoms with E-state index < -0.39 is 4.92 Å². The Balaban J connectivity index is 2.11. The van der Waals surface area contributed by atoms with Gasteiger partial charge in [-0.2, -0.15) is 4.52 Å². The summed E-state index contributed by atoms with van der Waals surface area (Å²) in [5.74, 6) is 0. The SMILES string of the molecule is Cc1cc(=O)n2c(cc(-c3ccccc3)n2-c2cccc([N+](=O)[O-])c2)n1. The van der Waals surface area contributed by atoms with Crippen LogP contribution in [0, 0.1) is 17.0 Å². The summed E-state index contributed by atoms with van der Waals surface area (Å²) < 4.78 is 3.08. The van der Waals surface area contributed by atoms with Gasteiger partial charge in [0.2, 0.25) is 0 Å². The number of rotatable bonds is 3. The highest BCUT2D eigenvalue weighted by Crippen LogP contribution is 2.26. The second-order valence-electron chi connectivity index (χ2n) is 5.89. The zero-order valence-electron chi connectivity index (χ0n) is 13.9. The maximum atomic E-state index is 12.6. The predicted octanol–water partition coefficient (Wildman–Crippen LogP) is 3.37. The van der Waals surface area contributed by atoms with Crippen molar-refractivity contribution < 1.29 is 4.92 Å². The van der Waals surface area contributed by atoms with Gasteiger partial charge in [0.1, 0.15) is 0 Å². The molecule has 0 N–H and O–H groups in total. The normalized spacial score (nSPS) is 11.0. The lowest BCUT2D eigenvalue weighted by atomic mass is 10.1. The van der Waals surface area contributed by atoms with Crippen molar-refractivity contribution in [2.75, 3.05) is 0 Å². The highest BCUT2D eigenvalue weighted by Gasteiger charge is 2.17. The first-order valence-electron chi connectivity index (χ1n) is 7.97. The molecule has 2 aromatic carbocycles.